The average molecular weight is 228 g/mol. The third kappa shape index (κ3) is 4.63. The van der Waals surface area contributed by atoms with Crippen LogP contribution in [0.4, 0.5) is 4.79 Å². The van der Waals surface area contributed by atoms with Gasteiger partial charge in [0.1, 0.15) is 0 Å². The van der Waals surface area contributed by atoms with Gasteiger partial charge in [0, 0.05) is 7.05 Å². The van der Waals surface area contributed by atoms with Crippen LogP contribution in [0.15, 0.2) is 0 Å². The summed E-state index contributed by atoms with van der Waals surface area (Å²) >= 11 is 0. The maximum absolute atomic E-state index is 11.5. The van der Waals surface area contributed by atoms with Crippen molar-refractivity contribution in [3.8, 4) is 0 Å². The van der Waals surface area contributed by atoms with E-state index >= 15 is 0 Å². The number of likely N-dealkylation sites (N-methyl/N-ethyl adjacent to an activating group) is 1. The molecule has 2 atom stereocenters. The van der Waals surface area contributed by atoms with E-state index in [-0.39, 0.29) is 0 Å². The van der Waals surface area contributed by atoms with Crippen molar-refractivity contribution in [1.82, 2.24) is 10.4 Å². The average Bonchev–Trinajstić information content (AvgIpc) is 2.24. The monoisotopic (exact) mass is 228 g/mol. The van der Waals surface area contributed by atoms with Gasteiger partial charge in [0.15, 0.2) is 11.9 Å². The lowest BCUT2D eigenvalue weighted by Gasteiger charge is -2.25. The maximum atomic E-state index is 11.5. The molecule has 1 unspecified atom stereocenters. The molecule has 0 fully saturated rings. The SMILES string of the molecule is [B]C(=O)N[C@@H](CCC)C(O)C(=O)N(C)OC. The van der Waals surface area contributed by atoms with Gasteiger partial charge in [-0.15, -0.1) is 0 Å². The van der Waals surface area contributed by atoms with Gasteiger partial charge in [0.25, 0.3) is 5.91 Å². The molecule has 0 aromatic carbocycles. The number of hydrogen-bond donors (Lipinski definition) is 2. The molecule has 0 saturated heterocycles. The number of carbonyl (C=O) groups is 2. The van der Waals surface area contributed by atoms with E-state index in [9.17, 15) is 14.7 Å². The molecule has 0 bridgehead atoms. The molecule has 0 aromatic heterocycles. The van der Waals surface area contributed by atoms with Gasteiger partial charge < -0.3 is 10.4 Å². The predicted octanol–water partition coefficient (Wildman–Crippen LogP) is -0.586. The second kappa shape index (κ2) is 7.24. The lowest BCUT2D eigenvalue weighted by molar-refractivity contribution is -0.179. The van der Waals surface area contributed by atoms with E-state index < -0.39 is 23.9 Å². The molecular formula is C9H17BN2O4. The van der Waals surface area contributed by atoms with E-state index in [2.05, 4.69) is 10.2 Å². The standard InChI is InChI=1S/C9H17BN2O4/c1-4-5-6(11-9(10)15)7(13)8(14)12(2)16-3/h6-7,13H,4-5H2,1-3H3,(H,11,15)/t6-,7?/m0/s1. The van der Waals surface area contributed by atoms with E-state index in [1.807, 2.05) is 6.92 Å². The highest BCUT2D eigenvalue weighted by molar-refractivity contribution is 6.57. The molecule has 0 saturated carbocycles. The first-order chi connectivity index (χ1) is 7.43. The number of carbonyl (C=O) groups excluding carboxylic acids is 2. The van der Waals surface area contributed by atoms with Gasteiger partial charge in [-0.05, 0) is 6.42 Å². The number of hydroxylamine groups is 2. The number of rotatable bonds is 6. The van der Waals surface area contributed by atoms with Crippen LogP contribution in [0.3, 0.4) is 0 Å². The molecule has 16 heavy (non-hydrogen) atoms. The van der Waals surface area contributed by atoms with Crippen LogP contribution in [0.1, 0.15) is 19.8 Å². The Morgan fingerprint density at radius 3 is 2.50 bits per heavy atom. The number of nitrogens with one attached hydrogen (secondary N) is 1. The quantitative estimate of drug-likeness (QED) is 0.470. The van der Waals surface area contributed by atoms with Crippen LogP contribution >= 0.6 is 0 Å². The Kier molecular flexibility index (Phi) is 6.75. The summed E-state index contributed by atoms with van der Waals surface area (Å²) in [5, 5.41) is 12.9. The Balaban J connectivity index is 4.52. The highest BCUT2D eigenvalue weighted by Crippen LogP contribution is 2.05. The van der Waals surface area contributed by atoms with Crippen molar-refractivity contribution >= 4 is 19.6 Å². The lowest BCUT2D eigenvalue weighted by Crippen LogP contribution is -2.50. The van der Waals surface area contributed by atoms with Crippen LogP contribution in [0, 0.1) is 0 Å². The first-order valence-electron chi connectivity index (χ1n) is 4.99. The third-order valence-electron chi connectivity index (χ3n) is 2.15. The molecule has 2 N–H and O–H groups in total. The zero-order valence-electron chi connectivity index (χ0n) is 9.77. The molecule has 2 radical (unpaired) electrons. The first kappa shape index (κ1) is 14.9. The largest absolute Gasteiger partial charge is 0.381 e. The Morgan fingerprint density at radius 1 is 1.56 bits per heavy atom. The van der Waals surface area contributed by atoms with Crippen molar-refractivity contribution in [3.05, 3.63) is 0 Å². The van der Waals surface area contributed by atoms with Gasteiger partial charge in [-0.1, -0.05) is 13.3 Å². The molecule has 7 heteroatoms. The minimum Gasteiger partial charge on any atom is -0.381 e. The smallest absolute Gasteiger partial charge is 0.276 e. The van der Waals surface area contributed by atoms with Crippen LogP contribution in [0.2, 0.25) is 0 Å². The van der Waals surface area contributed by atoms with Crippen LogP contribution in [-0.4, -0.2) is 56.0 Å². The molecule has 0 aliphatic rings. The van der Waals surface area contributed by atoms with Crippen molar-refractivity contribution in [2.45, 2.75) is 31.9 Å². The molecule has 2 amide bonds. The Morgan fingerprint density at radius 2 is 2.12 bits per heavy atom. The molecule has 0 heterocycles. The van der Waals surface area contributed by atoms with Crippen LogP contribution in [0.5, 0.6) is 0 Å². The Hall–Kier alpha value is -1.08. The minimum absolute atomic E-state index is 0.452. The van der Waals surface area contributed by atoms with Crippen molar-refractivity contribution < 1.29 is 19.5 Å². The van der Waals surface area contributed by atoms with Crippen LogP contribution in [0.25, 0.3) is 0 Å². The number of nitrogens with zero attached hydrogens (tertiary/aromatic N) is 1. The summed E-state index contributed by atoms with van der Waals surface area (Å²) < 4.78 is 0. The summed E-state index contributed by atoms with van der Waals surface area (Å²) in [6.45, 7) is 1.87. The zero-order valence-corrected chi connectivity index (χ0v) is 9.77. The zero-order chi connectivity index (χ0) is 12.7. The van der Waals surface area contributed by atoms with Gasteiger partial charge >= 0.3 is 0 Å². The summed E-state index contributed by atoms with van der Waals surface area (Å²) in [7, 11) is 7.63. The number of aliphatic hydroxyl groups is 1. The van der Waals surface area contributed by atoms with Gasteiger partial charge in [0.2, 0.25) is 7.85 Å². The highest BCUT2D eigenvalue weighted by atomic mass is 16.7. The normalized spacial score (nSPS) is 14.0. The van der Waals surface area contributed by atoms with Gasteiger partial charge in [-0.2, -0.15) is 0 Å². The molecule has 0 aliphatic heterocycles. The van der Waals surface area contributed by atoms with E-state index in [1.165, 1.54) is 14.2 Å². The summed E-state index contributed by atoms with van der Waals surface area (Å²) in [6.07, 6.45) is -0.211. The molecule has 6 nitrogen and oxygen atoms in total. The highest BCUT2D eigenvalue weighted by Gasteiger charge is 2.28. The molecule has 0 aliphatic carbocycles. The molecule has 0 rings (SSSR count). The summed E-state index contributed by atoms with van der Waals surface area (Å²) in [6, 6.07) is -0.701. The van der Waals surface area contributed by atoms with Crippen molar-refractivity contribution in [2.75, 3.05) is 14.2 Å². The molecule has 0 spiro atoms. The summed E-state index contributed by atoms with van der Waals surface area (Å²) in [5.41, 5.74) is 0. The fraction of sp³-hybridized carbons (Fsp3) is 0.778. The van der Waals surface area contributed by atoms with Crippen molar-refractivity contribution in [3.63, 3.8) is 0 Å². The Bertz CT molecular complexity index is 250. The van der Waals surface area contributed by atoms with Crippen molar-refractivity contribution in [2.24, 2.45) is 0 Å². The summed E-state index contributed by atoms with van der Waals surface area (Å²) in [5.74, 6) is -1.40. The van der Waals surface area contributed by atoms with Crippen molar-refractivity contribution in [1.29, 1.82) is 0 Å². The van der Waals surface area contributed by atoms with Gasteiger partial charge in [-0.3, -0.25) is 14.4 Å². The van der Waals surface area contributed by atoms with Gasteiger partial charge in [-0.25, -0.2) is 5.06 Å². The fourth-order valence-corrected chi connectivity index (χ4v) is 1.25. The molecular weight excluding hydrogens is 211 g/mol. The maximum Gasteiger partial charge on any atom is 0.276 e. The van der Waals surface area contributed by atoms with E-state index in [0.717, 1.165) is 5.06 Å². The minimum atomic E-state index is -1.36. The molecule has 0 aromatic rings. The Labute approximate surface area is 96.3 Å². The second-order valence-electron chi connectivity index (χ2n) is 3.37. The second-order valence-corrected chi connectivity index (χ2v) is 3.37. The topological polar surface area (TPSA) is 78.9 Å². The third-order valence-corrected chi connectivity index (χ3v) is 2.15. The van der Waals surface area contributed by atoms with E-state index in [1.54, 1.807) is 0 Å². The van der Waals surface area contributed by atoms with Crippen LogP contribution in [-0.2, 0) is 9.63 Å². The fourth-order valence-electron chi connectivity index (χ4n) is 1.25. The number of aliphatic hydroxyl groups excluding tert-OH is 1. The van der Waals surface area contributed by atoms with E-state index in [4.69, 9.17) is 7.85 Å². The predicted molar refractivity (Wildman–Crippen MR) is 58.8 cm³/mol. The lowest BCUT2D eigenvalue weighted by atomic mass is 10.0. The van der Waals surface area contributed by atoms with Gasteiger partial charge in [0.05, 0.1) is 13.2 Å². The first-order valence-corrected chi connectivity index (χ1v) is 4.99. The molecule has 90 valence electrons. The summed E-state index contributed by atoms with van der Waals surface area (Å²) in [4.78, 5) is 26.9. The number of amides is 2. The number of hydrogen-bond acceptors (Lipinski definition) is 4. The van der Waals surface area contributed by atoms with Crippen LogP contribution < -0.4 is 5.32 Å². The van der Waals surface area contributed by atoms with E-state index in [0.29, 0.717) is 12.8 Å².